The number of halogens is 1. The number of hydrogen-bond donors (Lipinski definition) is 1. The van der Waals surface area contributed by atoms with Gasteiger partial charge in [0.15, 0.2) is 5.82 Å². The van der Waals surface area contributed by atoms with Crippen LogP contribution in [0, 0.1) is 0 Å². The van der Waals surface area contributed by atoms with Crippen LogP contribution in [0.25, 0.3) is 22.6 Å². The first-order valence-electron chi connectivity index (χ1n) is 8.46. The lowest BCUT2D eigenvalue weighted by Gasteiger charge is -2.12. The highest BCUT2D eigenvalue weighted by atomic mass is 35.5. The molecule has 6 nitrogen and oxygen atoms in total. The normalized spacial score (nSPS) is 10.7. The lowest BCUT2D eigenvalue weighted by atomic mass is 10.1. The number of benzene rings is 1. The van der Waals surface area contributed by atoms with Crippen LogP contribution in [0.1, 0.15) is 5.69 Å². The molecule has 0 bridgehead atoms. The molecule has 0 spiro atoms. The van der Waals surface area contributed by atoms with Gasteiger partial charge in [-0.05, 0) is 18.2 Å². The van der Waals surface area contributed by atoms with E-state index in [9.17, 15) is 0 Å². The van der Waals surface area contributed by atoms with Gasteiger partial charge in [0.2, 0.25) is 5.95 Å². The van der Waals surface area contributed by atoms with Gasteiger partial charge in [-0.3, -0.25) is 4.98 Å². The monoisotopic (exact) mass is 376 g/mol. The average molecular weight is 377 g/mol. The van der Waals surface area contributed by atoms with Gasteiger partial charge in [0, 0.05) is 48.0 Å². The van der Waals surface area contributed by atoms with Gasteiger partial charge in [-0.1, -0.05) is 35.9 Å². The van der Waals surface area contributed by atoms with E-state index in [-0.39, 0.29) is 0 Å². The van der Waals surface area contributed by atoms with Gasteiger partial charge in [0.25, 0.3) is 0 Å². The van der Waals surface area contributed by atoms with E-state index in [2.05, 4.69) is 20.3 Å². The highest BCUT2D eigenvalue weighted by molar-refractivity contribution is 6.33. The summed E-state index contributed by atoms with van der Waals surface area (Å²) < 4.78 is 1.92. The van der Waals surface area contributed by atoms with Crippen molar-refractivity contribution < 1.29 is 0 Å². The van der Waals surface area contributed by atoms with Crippen molar-refractivity contribution in [2.45, 2.75) is 6.54 Å². The zero-order valence-corrected chi connectivity index (χ0v) is 15.4. The Morgan fingerprint density at radius 1 is 0.963 bits per heavy atom. The van der Waals surface area contributed by atoms with Gasteiger partial charge < -0.3 is 9.88 Å². The SMILES string of the molecule is Cn1ccnc1-c1nc(NCc2ccccn2)ncc1-c1ccccc1Cl. The first-order valence-corrected chi connectivity index (χ1v) is 8.83. The van der Waals surface area contributed by atoms with Crippen LogP contribution in [0.4, 0.5) is 5.95 Å². The van der Waals surface area contributed by atoms with E-state index in [0.29, 0.717) is 23.2 Å². The second-order valence-corrected chi connectivity index (χ2v) is 6.38. The molecular weight excluding hydrogens is 360 g/mol. The number of nitrogens with zero attached hydrogens (tertiary/aromatic N) is 5. The van der Waals surface area contributed by atoms with Crippen molar-refractivity contribution in [2.24, 2.45) is 7.05 Å². The average Bonchev–Trinajstić information content (AvgIpc) is 3.13. The van der Waals surface area contributed by atoms with Crippen molar-refractivity contribution >= 4 is 17.5 Å². The van der Waals surface area contributed by atoms with Crippen LogP contribution < -0.4 is 5.32 Å². The fourth-order valence-electron chi connectivity index (χ4n) is 2.78. The fraction of sp³-hybridized carbons (Fsp3) is 0.100. The topological polar surface area (TPSA) is 68.5 Å². The molecule has 0 saturated heterocycles. The maximum atomic E-state index is 6.41. The van der Waals surface area contributed by atoms with Crippen molar-refractivity contribution in [3.63, 3.8) is 0 Å². The predicted octanol–water partition coefficient (Wildman–Crippen LogP) is 4.20. The molecule has 134 valence electrons. The highest BCUT2D eigenvalue weighted by Gasteiger charge is 2.16. The third-order valence-electron chi connectivity index (χ3n) is 4.14. The summed E-state index contributed by atoms with van der Waals surface area (Å²) >= 11 is 6.41. The summed E-state index contributed by atoms with van der Waals surface area (Å²) in [4.78, 5) is 17.9. The summed E-state index contributed by atoms with van der Waals surface area (Å²) in [5, 5.41) is 3.87. The Balaban J connectivity index is 1.74. The van der Waals surface area contributed by atoms with E-state index in [1.54, 1.807) is 18.6 Å². The van der Waals surface area contributed by atoms with Crippen molar-refractivity contribution in [1.29, 1.82) is 0 Å². The molecule has 3 heterocycles. The molecule has 3 aromatic heterocycles. The summed E-state index contributed by atoms with van der Waals surface area (Å²) in [6.45, 7) is 0.534. The molecule has 4 rings (SSSR count). The number of rotatable bonds is 5. The van der Waals surface area contributed by atoms with Gasteiger partial charge in [-0.25, -0.2) is 15.0 Å². The minimum Gasteiger partial charge on any atom is -0.349 e. The number of imidazole rings is 1. The molecule has 7 heteroatoms. The molecule has 0 aliphatic carbocycles. The molecule has 0 radical (unpaired) electrons. The van der Waals surface area contributed by atoms with Crippen molar-refractivity contribution in [3.05, 3.63) is 78.0 Å². The van der Waals surface area contributed by atoms with Gasteiger partial charge in [-0.15, -0.1) is 0 Å². The number of anilines is 1. The molecule has 0 saturated carbocycles. The molecular formula is C20H17ClN6. The zero-order valence-electron chi connectivity index (χ0n) is 14.7. The molecule has 0 aliphatic rings. The Morgan fingerprint density at radius 3 is 2.56 bits per heavy atom. The van der Waals surface area contributed by atoms with Gasteiger partial charge in [0.1, 0.15) is 5.69 Å². The van der Waals surface area contributed by atoms with Crippen molar-refractivity contribution in [1.82, 2.24) is 24.5 Å². The Kier molecular flexibility index (Phi) is 4.80. The molecule has 1 N–H and O–H groups in total. The van der Waals surface area contributed by atoms with E-state index in [4.69, 9.17) is 16.6 Å². The molecule has 0 atom stereocenters. The van der Waals surface area contributed by atoms with Gasteiger partial charge in [-0.2, -0.15) is 0 Å². The van der Waals surface area contributed by atoms with Crippen molar-refractivity contribution in [2.75, 3.05) is 5.32 Å². The second kappa shape index (κ2) is 7.55. The van der Waals surface area contributed by atoms with Crippen LogP contribution in [-0.4, -0.2) is 24.5 Å². The lowest BCUT2D eigenvalue weighted by Crippen LogP contribution is -2.07. The molecule has 0 amide bonds. The number of hydrogen-bond acceptors (Lipinski definition) is 5. The molecule has 1 aromatic carbocycles. The van der Waals surface area contributed by atoms with Gasteiger partial charge in [0.05, 0.1) is 12.2 Å². The molecule has 4 aromatic rings. The summed E-state index contributed by atoms with van der Waals surface area (Å²) in [5.41, 5.74) is 3.33. The van der Waals surface area contributed by atoms with Crippen LogP contribution >= 0.6 is 11.6 Å². The largest absolute Gasteiger partial charge is 0.349 e. The standard InChI is InChI=1S/C20H17ClN6/c1-27-11-10-23-19(27)18-16(15-7-2-3-8-17(15)21)13-25-20(26-18)24-12-14-6-4-5-9-22-14/h2-11,13H,12H2,1H3,(H,24,25,26). The first-order chi connectivity index (χ1) is 13.2. The maximum Gasteiger partial charge on any atom is 0.223 e. The minimum absolute atomic E-state index is 0.509. The highest BCUT2D eigenvalue weighted by Crippen LogP contribution is 2.34. The Morgan fingerprint density at radius 2 is 1.81 bits per heavy atom. The summed E-state index contributed by atoms with van der Waals surface area (Å²) in [7, 11) is 1.93. The van der Waals surface area contributed by atoms with E-state index in [0.717, 1.165) is 22.6 Å². The fourth-order valence-corrected chi connectivity index (χ4v) is 3.02. The second-order valence-electron chi connectivity index (χ2n) is 5.97. The number of nitrogens with one attached hydrogen (secondary N) is 1. The quantitative estimate of drug-likeness (QED) is 0.565. The van der Waals surface area contributed by atoms with Crippen LogP contribution in [-0.2, 0) is 13.6 Å². The summed E-state index contributed by atoms with van der Waals surface area (Å²) in [6, 6.07) is 13.4. The number of aryl methyl sites for hydroxylation is 1. The molecule has 0 fully saturated rings. The van der Waals surface area contributed by atoms with Crippen LogP contribution in [0.2, 0.25) is 5.02 Å². The molecule has 0 aliphatic heterocycles. The number of pyridine rings is 1. The van der Waals surface area contributed by atoms with E-state index in [1.165, 1.54) is 0 Å². The molecule has 27 heavy (non-hydrogen) atoms. The zero-order chi connectivity index (χ0) is 18.6. The van der Waals surface area contributed by atoms with E-state index in [1.807, 2.05) is 60.3 Å². The molecule has 0 unspecified atom stereocenters. The smallest absolute Gasteiger partial charge is 0.223 e. The van der Waals surface area contributed by atoms with Crippen LogP contribution in [0.5, 0.6) is 0 Å². The van der Waals surface area contributed by atoms with Gasteiger partial charge >= 0.3 is 0 Å². The lowest BCUT2D eigenvalue weighted by molar-refractivity contribution is 0.914. The third kappa shape index (κ3) is 3.66. The van der Waals surface area contributed by atoms with E-state index < -0.39 is 0 Å². The summed E-state index contributed by atoms with van der Waals surface area (Å²) in [5.74, 6) is 1.25. The van der Waals surface area contributed by atoms with Crippen LogP contribution in [0.3, 0.4) is 0 Å². The van der Waals surface area contributed by atoms with Crippen LogP contribution in [0.15, 0.2) is 67.3 Å². The first kappa shape index (κ1) is 17.2. The Hall–Kier alpha value is -3.25. The number of aromatic nitrogens is 5. The minimum atomic E-state index is 0.509. The predicted molar refractivity (Wildman–Crippen MR) is 106 cm³/mol. The Labute approximate surface area is 161 Å². The van der Waals surface area contributed by atoms with E-state index >= 15 is 0 Å². The Bertz CT molecular complexity index is 1060. The summed E-state index contributed by atoms with van der Waals surface area (Å²) in [6.07, 6.45) is 7.17. The third-order valence-corrected chi connectivity index (χ3v) is 4.47. The van der Waals surface area contributed by atoms with Crippen molar-refractivity contribution in [3.8, 4) is 22.6 Å². The maximum absolute atomic E-state index is 6.41.